The summed E-state index contributed by atoms with van der Waals surface area (Å²) in [5.41, 5.74) is 6.11. The molecule has 0 radical (unpaired) electrons. The van der Waals surface area contributed by atoms with Gasteiger partial charge < -0.3 is 10.3 Å². The quantitative estimate of drug-likeness (QED) is 0.922. The van der Waals surface area contributed by atoms with Gasteiger partial charge in [-0.2, -0.15) is 4.98 Å². The zero-order chi connectivity index (χ0) is 12.8. The van der Waals surface area contributed by atoms with E-state index in [2.05, 4.69) is 24.0 Å². The maximum atomic E-state index is 6.26. The van der Waals surface area contributed by atoms with E-state index in [1.54, 1.807) is 0 Å². The van der Waals surface area contributed by atoms with Gasteiger partial charge in [-0.15, -0.1) is 12.4 Å². The van der Waals surface area contributed by atoms with Crippen LogP contribution in [0.1, 0.15) is 70.5 Å². The van der Waals surface area contributed by atoms with Crippen molar-refractivity contribution in [3.63, 3.8) is 0 Å². The average molecular weight is 286 g/mol. The molecular weight excluding hydrogens is 262 g/mol. The Hall–Kier alpha value is -0.610. The van der Waals surface area contributed by atoms with Gasteiger partial charge in [0, 0.05) is 5.41 Å². The first-order valence-electron chi connectivity index (χ1n) is 7.18. The molecule has 0 amide bonds. The van der Waals surface area contributed by atoms with Crippen molar-refractivity contribution in [3.8, 4) is 0 Å². The molecule has 0 aromatic carbocycles. The zero-order valence-corrected chi connectivity index (χ0v) is 12.6. The topological polar surface area (TPSA) is 64.9 Å². The predicted molar refractivity (Wildman–Crippen MR) is 76.2 cm³/mol. The third kappa shape index (κ3) is 2.40. The van der Waals surface area contributed by atoms with Crippen LogP contribution in [0, 0.1) is 5.92 Å². The van der Waals surface area contributed by atoms with Crippen LogP contribution in [0.15, 0.2) is 4.52 Å². The molecule has 2 aliphatic rings. The highest BCUT2D eigenvalue weighted by molar-refractivity contribution is 5.85. The number of rotatable bonds is 4. The van der Waals surface area contributed by atoms with Gasteiger partial charge in [0.05, 0.1) is 5.54 Å². The Bertz CT molecular complexity index is 436. The van der Waals surface area contributed by atoms with Gasteiger partial charge in [0.25, 0.3) is 0 Å². The lowest BCUT2D eigenvalue weighted by molar-refractivity contribution is 0.143. The Morgan fingerprint density at radius 1 is 1.21 bits per heavy atom. The van der Waals surface area contributed by atoms with Crippen LogP contribution < -0.4 is 5.73 Å². The summed E-state index contributed by atoms with van der Waals surface area (Å²) in [5.74, 6) is 2.24. The molecule has 3 rings (SSSR count). The molecule has 19 heavy (non-hydrogen) atoms. The summed E-state index contributed by atoms with van der Waals surface area (Å²) in [6.45, 7) is 4.52. The second-order valence-electron chi connectivity index (χ2n) is 6.66. The molecule has 1 heterocycles. The van der Waals surface area contributed by atoms with E-state index in [9.17, 15) is 0 Å². The molecule has 1 aromatic heterocycles. The lowest BCUT2D eigenvalue weighted by Gasteiger charge is -2.40. The van der Waals surface area contributed by atoms with E-state index in [1.807, 2.05) is 0 Å². The molecule has 2 saturated carbocycles. The van der Waals surface area contributed by atoms with Crippen LogP contribution in [0.5, 0.6) is 0 Å². The highest BCUT2D eigenvalue weighted by Gasteiger charge is 2.46. The summed E-state index contributed by atoms with van der Waals surface area (Å²) < 4.78 is 5.55. The van der Waals surface area contributed by atoms with E-state index < -0.39 is 0 Å². The van der Waals surface area contributed by atoms with Crippen LogP contribution in [0.4, 0.5) is 0 Å². The Balaban J connectivity index is 0.00000133. The van der Waals surface area contributed by atoms with Crippen molar-refractivity contribution in [2.45, 2.75) is 69.7 Å². The molecule has 0 bridgehead atoms. The van der Waals surface area contributed by atoms with Crippen LogP contribution in [-0.2, 0) is 11.0 Å². The summed E-state index contributed by atoms with van der Waals surface area (Å²) in [7, 11) is 0. The van der Waals surface area contributed by atoms with E-state index in [0.717, 1.165) is 31.0 Å². The minimum atomic E-state index is -0.301. The van der Waals surface area contributed by atoms with Gasteiger partial charge in [-0.3, -0.25) is 0 Å². The number of halogens is 1. The number of hydrogen-bond acceptors (Lipinski definition) is 4. The van der Waals surface area contributed by atoms with E-state index in [0.29, 0.717) is 5.92 Å². The van der Waals surface area contributed by atoms with Crippen molar-refractivity contribution in [2.24, 2.45) is 11.7 Å². The summed E-state index contributed by atoms with van der Waals surface area (Å²) in [6.07, 6.45) is 7.95. The molecule has 2 aliphatic carbocycles. The monoisotopic (exact) mass is 285 g/mol. The summed E-state index contributed by atoms with van der Waals surface area (Å²) in [4.78, 5) is 4.65. The molecule has 0 atom stereocenters. The van der Waals surface area contributed by atoms with Gasteiger partial charge in [0.2, 0.25) is 5.89 Å². The van der Waals surface area contributed by atoms with Crippen molar-refractivity contribution in [1.82, 2.24) is 10.1 Å². The third-order valence-electron chi connectivity index (χ3n) is 4.68. The van der Waals surface area contributed by atoms with Crippen molar-refractivity contribution in [3.05, 3.63) is 11.7 Å². The van der Waals surface area contributed by atoms with Gasteiger partial charge in [0.1, 0.15) is 0 Å². The summed E-state index contributed by atoms with van der Waals surface area (Å²) in [5, 5.41) is 4.15. The highest BCUT2D eigenvalue weighted by Crippen LogP contribution is 2.48. The molecule has 0 saturated heterocycles. The molecule has 4 nitrogen and oxygen atoms in total. The molecule has 108 valence electrons. The van der Waals surface area contributed by atoms with Crippen molar-refractivity contribution in [1.29, 1.82) is 0 Å². The number of hydrogen-bond donors (Lipinski definition) is 1. The van der Waals surface area contributed by atoms with Gasteiger partial charge in [-0.25, -0.2) is 0 Å². The van der Waals surface area contributed by atoms with E-state index >= 15 is 0 Å². The van der Waals surface area contributed by atoms with Crippen molar-refractivity contribution < 1.29 is 4.52 Å². The number of aromatic nitrogens is 2. The van der Waals surface area contributed by atoms with Crippen molar-refractivity contribution >= 4 is 12.4 Å². The Morgan fingerprint density at radius 3 is 2.26 bits per heavy atom. The van der Waals surface area contributed by atoms with Crippen molar-refractivity contribution in [2.75, 3.05) is 0 Å². The number of nitrogens with two attached hydrogens (primary N) is 1. The van der Waals surface area contributed by atoms with Crippen LogP contribution in [0.25, 0.3) is 0 Å². The Labute approximate surface area is 120 Å². The van der Waals surface area contributed by atoms with Gasteiger partial charge in [0.15, 0.2) is 5.82 Å². The first-order valence-corrected chi connectivity index (χ1v) is 7.18. The lowest BCUT2D eigenvalue weighted by atomic mass is 9.64. The van der Waals surface area contributed by atoms with Gasteiger partial charge in [-0.1, -0.05) is 25.4 Å². The summed E-state index contributed by atoms with van der Waals surface area (Å²) in [6, 6.07) is 0. The fourth-order valence-electron chi connectivity index (χ4n) is 3.31. The molecular formula is C14H24ClN3O. The average Bonchev–Trinajstić information content (AvgIpc) is 2.69. The molecule has 0 spiro atoms. The zero-order valence-electron chi connectivity index (χ0n) is 11.8. The van der Waals surface area contributed by atoms with E-state index in [-0.39, 0.29) is 23.4 Å². The van der Waals surface area contributed by atoms with Crippen LogP contribution >= 0.6 is 12.4 Å². The summed E-state index contributed by atoms with van der Waals surface area (Å²) >= 11 is 0. The minimum Gasteiger partial charge on any atom is -0.339 e. The Morgan fingerprint density at radius 2 is 1.84 bits per heavy atom. The standard InChI is InChI=1S/C14H23N3O.ClH/c1-10(2)9-13(5-3-6-13)12-16-11(17-18-12)14(15)7-4-8-14;/h10H,3-9,15H2,1-2H3;1H. The van der Waals surface area contributed by atoms with Gasteiger partial charge >= 0.3 is 0 Å². The minimum absolute atomic E-state index is 0. The first kappa shape index (κ1) is 14.8. The van der Waals surface area contributed by atoms with E-state index in [1.165, 1.54) is 25.7 Å². The maximum Gasteiger partial charge on any atom is 0.232 e. The smallest absolute Gasteiger partial charge is 0.232 e. The van der Waals surface area contributed by atoms with Crippen LogP contribution in [0.2, 0.25) is 0 Å². The normalized spacial score (nSPS) is 23.4. The largest absolute Gasteiger partial charge is 0.339 e. The van der Waals surface area contributed by atoms with E-state index in [4.69, 9.17) is 10.3 Å². The molecule has 5 heteroatoms. The SMILES string of the molecule is CC(C)CC1(c2nc(C3(N)CCC3)no2)CCC1.Cl. The van der Waals surface area contributed by atoms with Crippen LogP contribution in [0.3, 0.4) is 0 Å². The lowest BCUT2D eigenvalue weighted by Crippen LogP contribution is -2.44. The molecule has 2 fully saturated rings. The molecule has 2 N–H and O–H groups in total. The van der Waals surface area contributed by atoms with Crippen LogP contribution in [-0.4, -0.2) is 10.1 Å². The fourth-order valence-corrected chi connectivity index (χ4v) is 3.31. The highest BCUT2D eigenvalue weighted by atomic mass is 35.5. The molecule has 1 aromatic rings. The predicted octanol–water partition coefficient (Wildman–Crippen LogP) is 3.30. The molecule has 0 unspecified atom stereocenters. The first-order chi connectivity index (χ1) is 8.54. The molecule has 0 aliphatic heterocycles. The third-order valence-corrected chi connectivity index (χ3v) is 4.68. The number of nitrogens with zero attached hydrogens (tertiary/aromatic N) is 2. The maximum absolute atomic E-state index is 6.26. The Kier molecular flexibility index (Phi) is 3.94. The fraction of sp³-hybridized carbons (Fsp3) is 0.857. The second-order valence-corrected chi connectivity index (χ2v) is 6.66. The second kappa shape index (κ2) is 5.06. The van der Waals surface area contributed by atoms with Gasteiger partial charge in [-0.05, 0) is 44.4 Å².